The summed E-state index contributed by atoms with van der Waals surface area (Å²) in [6.45, 7) is 0.655. The molecule has 1 rings (SSSR count). The van der Waals surface area contributed by atoms with Gasteiger partial charge in [-0.3, -0.25) is 0 Å². The van der Waals surface area contributed by atoms with Crippen LogP contribution in [0.3, 0.4) is 0 Å². The fourth-order valence-corrected chi connectivity index (χ4v) is 1.89. The Balaban J connectivity index is 2.26. The van der Waals surface area contributed by atoms with Gasteiger partial charge < -0.3 is 9.47 Å². The molecule has 4 heteroatoms. The molecular formula is C13H22O4. The van der Waals surface area contributed by atoms with Crippen LogP contribution >= 0.6 is 0 Å². The standard InChI is InChI=1S/C13H22O4/c14-12-13(15)17-11-9-7-5-3-1-2-4-6-8-10-16-12/h1-11H2. The Bertz CT molecular complexity index is 214. The first-order valence-corrected chi connectivity index (χ1v) is 6.64. The van der Waals surface area contributed by atoms with Gasteiger partial charge in [0.05, 0.1) is 13.2 Å². The number of rotatable bonds is 0. The summed E-state index contributed by atoms with van der Waals surface area (Å²) >= 11 is 0. The average molecular weight is 242 g/mol. The summed E-state index contributed by atoms with van der Waals surface area (Å²) in [4.78, 5) is 22.3. The van der Waals surface area contributed by atoms with E-state index in [0.717, 1.165) is 25.7 Å². The van der Waals surface area contributed by atoms with Crippen LogP contribution in [0.1, 0.15) is 57.8 Å². The number of hydrogen-bond acceptors (Lipinski definition) is 4. The van der Waals surface area contributed by atoms with Crippen molar-refractivity contribution in [3.05, 3.63) is 0 Å². The molecule has 0 unspecified atom stereocenters. The lowest BCUT2D eigenvalue weighted by Gasteiger charge is -2.04. The van der Waals surface area contributed by atoms with E-state index in [1.165, 1.54) is 32.1 Å². The monoisotopic (exact) mass is 242 g/mol. The van der Waals surface area contributed by atoms with Crippen molar-refractivity contribution in [2.45, 2.75) is 57.8 Å². The normalized spacial score (nSPS) is 21.9. The first-order chi connectivity index (χ1) is 8.30. The topological polar surface area (TPSA) is 52.6 Å². The van der Waals surface area contributed by atoms with Crippen molar-refractivity contribution in [3.63, 3.8) is 0 Å². The molecule has 0 N–H and O–H groups in total. The zero-order valence-corrected chi connectivity index (χ0v) is 10.4. The van der Waals surface area contributed by atoms with Crippen LogP contribution in [0.2, 0.25) is 0 Å². The third-order valence-electron chi connectivity index (χ3n) is 2.92. The van der Waals surface area contributed by atoms with Gasteiger partial charge in [0.1, 0.15) is 0 Å². The van der Waals surface area contributed by atoms with E-state index in [9.17, 15) is 9.59 Å². The van der Waals surface area contributed by atoms with Gasteiger partial charge >= 0.3 is 11.9 Å². The minimum absolute atomic E-state index is 0.327. The van der Waals surface area contributed by atoms with Crippen molar-refractivity contribution < 1.29 is 19.1 Å². The summed E-state index contributed by atoms with van der Waals surface area (Å²) in [5, 5.41) is 0. The van der Waals surface area contributed by atoms with Crippen molar-refractivity contribution >= 4 is 11.9 Å². The van der Waals surface area contributed by atoms with Crippen LogP contribution in [0.25, 0.3) is 0 Å². The van der Waals surface area contributed by atoms with Crippen molar-refractivity contribution in [2.24, 2.45) is 0 Å². The zero-order valence-electron chi connectivity index (χ0n) is 10.4. The first-order valence-electron chi connectivity index (χ1n) is 6.64. The Hall–Kier alpha value is -1.06. The van der Waals surface area contributed by atoms with E-state index in [1.807, 2.05) is 0 Å². The third kappa shape index (κ3) is 6.97. The summed E-state index contributed by atoms with van der Waals surface area (Å²) < 4.78 is 9.63. The predicted molar refractivity (Wildman–Crippen MR) is 63.5 cm³/mol. The Morgan fingerprint density at radius 3 is 1.18 bits per heavy atom. The molecule has 0 amide bonds. The molecule has 1 aliphatic rings. The summed E-state index contributed by atoms with van der Waals surface area (Å²) in [5.74, 6) is -1.69. The summed E-state index contributed by atoms with van der Waals surface area (Å²) in [6, 6.07) is 0. The van der Waals surface area contributed by atoms with E-state index in [4.69, 9.17) is 9.47 Å². The quantitative estimate of drug-likeness (QED) is 0.484. The second-order valence-electron chi connectivity index (χ2n) is 4.45. The molecule has 1 saturated heterocycles. The van der Waals surface area contributed by atoms with Crippen molar-refractivity contribution in [1.82, 2.24) is 0 Å². The molecule has 0 aromatic rings. The Morgan fingerprint density at radius 2 is 0.824 bits per heavy atom. The van der Waals surface area contributed by atoms with E-state index in [2.05, 4.69) is 0 Å². The molecule has 0 aromatic carbocycles. The van der Waals surface area contributed by atoms with Gasteiger partial charge in [-0.05, 0) is 12.8 Å². The fourth-order valence-electron chi connectivity index (χ4n) is 1.89. The van der Waals surface area contributed by atoms with Crippen LogP contribution in [0, 0.1) is 0 Å². The lowest BCUT2D eigenvalue weighted by Crippen LogP contribution is -2.21. The molecule has 0 saturated carbocycles. The number of cyclic esters (lactones) is 2. The van der Waals surface area contributed by atoms with E-state index in [0.29, 0.717) is 13.2 Å². The van der Waals surface area contributed by atoms with Gasteiger partial charge in [-0.15, -0.1) is 0 Å². The largest absolute Gasteiger partial charge is 0.457 e. The molecule has 0 spiro atoms. The van der Waals surface area contributed by atoms with Gasteiger partial charge in [0, 0.05) is 0 Å². The summed E-state index contributed by atoms with van der Waals surface area (Å²) in [7, 11) is 0. The maximum atomic E-state index is 11.2. The number of ether oxygens (including phenoxy) is 2. The van der Waals surface area contributed by atoms with Crippen LogP contribution in [0.15, 0.2) is 0 Å². The lowest BCUT2D eigenvalue weighted by molar-refractivity contribution is -0.167. The fraction of sp³-hybridized carbons (Fsp3) is 0.846. The summed E-state index contributed by atoms with van der Waals surface area (Å²) in [6.07, 6.45) is 9.93. The molecule has 0 atom stereocenters. The Labute approximate surface area is 103 Å². The Kier molecular flexibility index (Phi) is 7.43. The maximum absolute atomic E-state index is 11.2. The lowest BCUT2D eigenvalue weighted by atomic mass is 10.1. The number of carbonyl (C=O) groups excluding carboxylic acids is 2. The maximum Gasteiger partial charge on any atom is 0.417 e. The van der Waals surface area contributed by atoms with Gasteiger partial charge in [-0.25, -0.2) is 9.59 Å². The predicted octanol–water partition coefficient (Wildman–Crippen LogP) is 2.60. The van der Waals surface area contributed by atoms with Crippen LogP contribution in [-0.2, 0) is 19.1 Å². The molecule has 17 heavy (non-hydrogen) atoms. The number of esters is 2. The Morgan fingerprint density at radius 1 is 0.529 bits per heavy atom. The van der Waals surface area contributed by atoms with E-state index in [-0.39, 0.29) is 0 Å². The smallest absolute Gasteiger partial charge is 0.417 e. The highest BCUT2D eigenvalue weighted by atomic mass is 16.6. The minimum atomic E-state index is -0.847. The molecule has 1 fully saturated rings. The van der Waals surface area contributed by atoms with Crippen LogP contribution < -0.4 is 0 Å². The van der Waals surface area contributed by atoms with Gasteiger partial charge in [-0.1, -0.05) is 44.9 Å². The first kappa shape index (κ1) is 14.0. The van der Waals surface area contributed by atoms with Gasteiger partial charge in [-0.2, -0.15) is 0 Å². The third-order valence-corrected chi connectivity index (χ3v) is 2.92. The van der Waals surface area contributed by atoms with E-state index in [1.54, 1.807) is 0 Å². The number of hydrogen-bond donors (Lipinski definition) is 0. The zero-order chi connectivity index (χ0) is 12.3. The van der Waals surface area contributed by atoms with Crippen LogP contribution in [0.4, 0.5) is 0 Å². The molecule has 4 nitrogen and oxygen atoms in total. The van der Waals surface area contributed by atoms with Crippen molar-refractivity contribution in [1.29, 1.82) is 0 Å². The molecule has 0 radical (unpaired) electrons. The highest BCUT2D eigenvalue weighted by Gasteiger charge is 2.16. The highest BCUT2D eigenvalue weighted by molar-refractivity contribution is 6.29. The second kappa shape index (κ2) is 9.02. The molecule has 0 bridgehead atoms. The average Bonchev–Trinajstić information content (AvgIpc) is 2.34. The van der Waals surface area contributed by atoms with Crippen LogP contribution in [-0.4, -0.2) is 25.2 Å². The number of carbonyl (C=O) groups is 2. The van der Waals surface area contributed by atoms with Gasteiger partial charge in [0.2, 0.25) is 0 Å². The van der Waals surface area contributed by atoms with Crippen LogP contribution in [0.5, 0.6) is 0 Å². The molecular weight excluding hydrogens is 220 g/mol. The van der Waals surface area contributed by atoms with Crippen molar-refractivity contribution in [3.8, 4) is 0 Å². The second-order valence-corrected chi connectivity index (χ2v) is 4.45. The molecule has 98 valence electrons. The molecule has 1 aliphatic heterocycles. The minimum Gasteiger partial charge on any atom is -0.457 e. The van der Waals surface area contributed by atoms with E-state index >= 15 is 0 Å². The van der Waals surface area contributed by atoms with E-state index < -0.39 is 11.9 Å². The molecule has 0 aromatic heterocycles. The molecule has 1 heterocycles. The summed E-state index contributed by atoms with van der Waals surface area (Å²) in [5.41, 5.74) is 0. The van der Waals surface area contributed by atoms with Gasteiger partial charge in [0.25, 0.3) is 0 Å². The highest BCUT2D eigenvalue weighted by Crippen LogP contribution is 2.10. The van der Waals surface area contributed by atoms with Gasteiger partial charge in [0.15, 0.2) is 0 Å². The SMILES string of the molecule is O=C1OCCCCCCCCCCCOC1=O. The molecule has 0 aliphatic carbocycles. The van der Waals surface area contributed by atoms with Crippen molar-refractivity contribution in [2.75, 3.05) is 13.2 Å².